The third-order valence-corrected chi connectivity index (χ3v) is 5.30. The van der Waals surface area contributed by atoms with Gasteiger partial charge in [0.15, 0.2) is 0 Å². The summed E-state index contributed by atoms with van der Waals surface area (Å²) >= 11 is 1.63. The van der Waals surface area contributed by atoms with Gasteiger partial charge in [-0.2, -0.15) is 0 Å². The van der Waals surface area contributed by atoms with Gasteiger partial charge in [-0.1, -0.05) is 30.3 Å². The van der Waals surface area contributed by atoms with Gasteiger partial charge in [0.1, 0.15) is 16.9 Å². The molecule has 5 nitrogen and oxygen atoms in total. The number of thiophene rings is 1. The highest BCUT2D eigenvalue weighted by atomic mass is 32.1. The standard InChI is InChI=1S/C21H14N4OS/c1-2-4-15(5-3-1)19-12-18-20(23-13-24-21(18)27-19)26-17-8-6-16(7-9-17)25-11-10-22-14-25/h1-14H. The van der Waals surface area contributed by atoms with E-state index < -0.39 is 0 Å². The summed E-state index contributed by atoms with van der Waals surface area (Å²) in [5, 5.41) is 0.917. The molecular weight excluding hydrogens is 356 g/mol. The minimum absolute atomic E-state index is 0.564. The van der Waals surface area contributed by atoms with E-state index >= 15 is 0 Å². The van der Waals surface area contributed by atoms with Gasteiger partial charge in [0.2, 0.25) is 5.88 Å². The van der Waals surface area contributed by atoms with Gasteiger partial charge < -0.3 is 9.30 Å². The molecule has 5 aromatic rings. The predicted octanol–water partition coefficient (Wildman–Crippen LogP) is 5.34. The van der Waals surface area contributed by atoms with Gasteiger partial charge in [-0.05, 0) is 35.9 Å². The van der Waals surface area contributed by atoms with Gasteiger partial charge in [-0.25, -0.2) is 15.0 Å². The molecule has 2 aromatic carbocycles. The van der Waals surface area contributed by atoms with Gasteiger partial charge in [0, 0.05) is 23.0 Å². The molecule has 0 aliphatic carbocycles. The molecule has 3 aromatic heterocycles. The summed E-state index contributed by atoms with van der Waals surface area (Å²) in [4.78, 5) is 14.9. The highest BCUT2D eigenvalue weighted by Gasteiger charge is 2.12. The van der Waals surface area contributed by atoms with Crippen LogP contribution >= 0.6 is 11.3 Å². The molecule has 0 unspecified atom stereocenters. The molecule has 0 aliphatic heterocycles. The maximum absolute atomic E-state index is 6.04. The van der Waals surface area contributed by atoms with Crippen molar-refractivity contribution >= 4 is 21.6 Å². The SMILES string of the molecule is c1ccc(-c2cc3c(Oc4ccc(-n5ccnc5)cc4)ncnc3s2)cc1. The average molecular weight is 370 g/mol. The van der Waals surface area contributed by atoms with Gasteiger partial charge in [-0.3, -0.25) is 0 Å². The van der Waals surface area contributed by atoms with Crippen molar-refractivity contribution in [2.24, 2.45) is 0 Å². The van der Waals surface area contributed by atoms with Crippen molar-refractivity contribution in [3.63, 3.8) is 0 Å². The van der Waals surface area contributed by atoms with Crippen molar-refractivity contribution in [3.8, 4) is 27.8 Å². The molecule has 0 fully saturated rings. The Balaban J connectivity index is 1.47. The van der Waals surface area contributed by atoms with Crippen LogP contribution in [-0.4, -0.2) is 19.5 Å². The summed E-state index contributed by atoms with van der Waals surface area (Å²) in [6.45, 7) is 0. The summed E-state index contributed by atoms with van der Waals surface area (Å²) in [6, 6.07) is 20.2. The lowest BCUT2D eigenvalue weighted by atomic mass is 10.2. The molecule has 3 heterocycles. The smallest absolute Gasteiger partial charge is 0.231 e. The lowest BCUT2D eigenvalue weighted by Crippen LogP contribution is -1.92. The lowest BCUT2D eigenvalue weighted by molar-refractivity contribution is 0.468. The third kappa shape index (κ3) is 3.07. The van der Waals surface area contributed by atoms with E-state index in [0.717, 1.165) is 32.1 Å². The maximum atomic E-state index is 6.04. The molecule has 0 saturated carbocycles. The topological polar surface area (TPSA) is 52.8 Å². The van der Waals surface area contributed by atoms with Crippen LogP contribution in [0.3, 0.4) is 0 Å². The number of hydrogen-bond acceptors (Lipinski definition) is 5. The predicted molar refractivity (Wildman–Crippen MR) is 106 cm³/mol. The van der Waals surface area contributed by atoms with Crippen LogP contribution in [0.2, 0.25) is 0 Å². The fraction of sp³-hybridized carbons (Fsp3) is 0. The monoisotopic (exact) mass is 370 g/mol. The summed E-state index contributed by atoms with van der Waals surface area (Å²) in [5.74, 6) is 1.29. The highest BCUT2D eigenvalue weighted by molar-refractivity contribution is 7.21. The van der Waals surface area contributed by atoms with Crippen molar-refractivity contribution in [2.45, 2.75) is 0 Å². The van der Waals surface area contributed by atoms with Crippen LogP contribution in [0.25, 0.3) is 26.3 Å². The van der Waals surface area contributed by atoms with Crippen LogP contribution in [0.15, 0.2) is 85.7 Å². The Morgan fingerprint density at radius 3 is 2.56 bits per heavy atom. The van der Waals surface area contributed by atoms with E-state index in [0.29, 0.717) is 5.88 Å². The summed E-state index contributed by atoms with van der Waals surface area (Å²) < 4.78 is 7.99. The van der Waals surface area contributed by atoms with Gasteiger partial charge in [0.25, 0.3) is 0 Å². The first-order chi connectivity index (χ1) is 13.4. The van der Waals surface area contributed by atoms with Gasteiger partial charge >= 0.3 is 0 Å². The summed E-state index contributed by atoms with van der Waals surface area (Å²) in [7, 11) is 0. The fourth-order valence-electron chi connectivity index (χ4n) is 2.87. The van der Waals surface area contributed by atoms with Crippen molar-refractivity contribution in [2.75, 3.05) is 0 Å². The molecule has 0 spiro atoms. The van der Waals surface area contributed by atoms with Crippen molar-refractivity contribution in [3.05, 3.63) is 85.7 Å². The fourth-order valence-corrected chi connectivity index (χ4v) is 3.86. The summed E-state index contributed by atoms with van der Waals surface area (Å²) in [6.07, 6.45) is 6.96. The molecule has 0 atom stereocenters. The van der Waals surface area contributed by atoms with Crippen LogP contribution < -0.4 is 4.74 Å². The third-order valence-electron chi connectivity index (χ3n) is 4.20. The number of rotatable bonds is 4. The van der Waals surface area contributed by atoms with E-state index in [1.165, 1.54) is 0 Å². The molecule has 0 aliphatic rings. The Bertz CT molecular complexity index is 1180. The number of imidazole rings is 1. The second-order valence-corrected chi connectivity index (χ2v) is 6.97. The quantitative estimate of drug-likeness (QED) is 0.429. The van der Waals surface area contributed by atoms with E-state index in [1.807, 2.05) is 53.2 Å². The zero-order valence-electron chi connectivity index (χ0n) is 14.2. The van der Waals surface area contributed by atoms with E-state index in [2.05, 4.69) is 33.2 Å². The molecular formula is C21H14N4OS. The van der Waals surface area contributed by atoms with Crippen molar-refractivity contribution < 1.29 is 4.74 Å². The molecule has 27 heavy (non-hydrogen) atoms. The number of ether oxygens (including phenoxy) is 1. The first kappa shape index (κ1) is 15.7. The zero-order valence-corrected chi connectivity index (χ0v) is 15.0. The van der Waals surface area contributed by atoms with Crippen LogP contribution in [0.5, 0.6) is 11.6 Å². The van der Waals surface area contributed by atoms with Crippen LogP contribution in [0.1, 0.15) is 0 Å². The van der Waals surface area contributed by atoms with Crippen molar-refractivity contribution in [1.29, 1.82) is 0 Å². The minimum Gasteiger partial charge on any atom is -0.438 e. The van der Waals surface area contributed by atoms with Gasteiger partial charge in [0.05, 0.1) is 11.7 Å². The largest absolute Gasteiger partial charge is 0.438 e. The average Bonchev–Trinajstić information content (AvgIpc) is 3.40. The second kappa shape index (κ2) is 6.66. The molecule has 5 rings (SSSR count). The van der Waals surface area contributed by atoms with E-state index in [1.54, 1.807) is 30.2 Å². The Hall–Kier alpha value is -3.51. The first-order valence-corrected chi connectivity index (χ1v) is 9.25. The molecule has 130 valence electrons. The molecule has 0 radical (unpaired) electrons. The molecule has 0 amide bonds. The minimum atomic E-state index is 0.564. The van der Waals surface area contributed by atoms with E-state index in [9.17, 15) is 0 Å². The Labute approximate surface area is 159 Å². The van der Waals surface area contributed by atoms with Crippen LogP contribution in [0, 0.1) is 0 Å². The van der Waals surface area contributed by atoms with Crippen LogP contribution in [-0.2, 0) is 0 Å². The van der Waals surface area contributed by atoms with Crippen LogP contribution in [0.4, 0.5) is 0 Å². The maximum Gasteiger partial charge on any atom is 0.231 e. The molecule has 0 N–H and O–H groups in total. The Morgan fingerprint density at radius 1 is 0.926 bits per heavy atom. The number of aromatic nitrogens is 4. The number of benzene rings is 2. The lowest BCUT2D eigenvalue weighted by Gasteiger charge is -2.07. The summed E-state index contributed by atoms with van der Waals surface area (Å²) in [5.41, 5.74) is 2.19. The number of hydrogen-bond donors (Lipinski definition) is 0. The normalized spacial score (nSPS) is 11.0. The molecule has 0 saturated heterocycles. The Morgan fingerprint density at radius 2 is 1.78 bits per heavy atom. The van der Waals surface area contributed by atoms with E-state index in [-0.39, 0.29) is 0 Å². The molecule has 0 bridgehead atoms. The zero-order chi connectivity index (χ0) is 18.1. The first-order valence-electron chi connectivity index (χ1n) is 8.43. The van der Waals surface area contributed by atoms with Crippen molar-refractivity contribution in [1.82, 2.24) is 19.5 Å². The molecule has 6 heteroatoms. The number of fused-ring (bicyclic) bond motifs is 1. The van der Waals surface area contributed by atoms with Gasteiger partial charge in [-0.15, -0.1) is 11.3 Å². The van der Waals surface area contributed by atoms with E-state index in [4.69, 9.17) is 4.74 Å². The Kier molecular flexibility index (Phi) is 3.88. The highest BCUT2D eigenvalue weighted by Crippen LogP contribution is 2.37. The second-order valence-electron chi connectivity index (χ2n) is 5.94. The number of nitrogens with zero attached hydrogens (tertiary/aromatic N) is 4.